The van der Waals surface area contributed by atoms with Crippen molar-refractivity contribution in [1.29, 1.82) is 0 Å². The van der Waals surface area contributed by atoms with Gasteiger partial charge in [-0.05, 0) is 53.6 Å². The Labute approximate surface area is 206 Å². The summed E-state index contributed by atoms with van der Waals surface area (Å²) in [6, 6.07) is 19.1. The largest absolute Gasteiger partial charge is 0.493 e. The number of hydrogen-bond acceptors (Lipinski definition) is 7. The number of ether oxygens (including phenoxy) is 2. The number of rotatable bonds is 8. The van der Waals surface area contributed by atoms with Crippen LogP contribution in [0.4, 0.5) is 10.5 Å². The van der Waals surface area contributed by atoms with E-state index in [9.17, 15) is 19.7 Å². The van der Waals surface area contributed by atoms with E-state index >= 15 is 0 Å². The number of nitro benzene ring substituents is 1. The number of hydrogen-bond donors (Lipinski definition) is 0. The van der Waals surface area contributed by atoms with Gasteiger partial charge in [0.05, 0.1) is 23.5 Å². The van der Waals surface area contributed by atoms with Gasteiger partial charge in [-0.15, -0.1) is 0 Å². The van der Waals surface area contributed by atoms with Gasteiger partial charge in [-0.2, -0.15) is 0 Å². The number of non-ortho nitro benzene ring substituents is 1. The first kappa shape index (κ1) is 24.0. The quantitative estimate of drug-likeness (QED) is 0.226. The molecule has 0 bridgehead atoms. The fourth-order valence-corrected chi connectivity index (χ4v) is 4.27. The van der Waals surface area contributed by atoms with Gasteiger partial charge in [-0.25, -0.2) is 0 Å². The van der Waals surface area contributed by atoms with Gasteiger partial charge >= 0.3 is 0 Å². The molecule has 1 aliphatic rings. The van der Waals surface area contributed by atoms with Crippen LogP contribution in [-0.4, -0.2) is 28.1 Å². The minimum atomic E-state index is -0.500. The molecular formula is C26H22N2O6S. The SMILES string of the molecule is COc1cc(/C=C2\SC(=O)N(Cc3ccc([N+](=O)[O-])cc3)C2=O)ccc1OCc1ccc(C)cc1. The van der Waals surface area contributed by atoms with Crippen molar-refractivity contribution in [3.8, 4) is 11.5 Å². The van der Waals surface area contributed by atoms with Crippen molar-refractivity contribution in [2.75, 3.05) is 7.11 Å². The lowest BCUT2D eigenvalue weighted by Gasteiger charge is -2.12. The normalized spacial score (nSPS) is 14.5. The summed E-state index contributed by atoms with van der Waals surface area (Å²) >= 11 is 0.848. The minimum Gasteiger partial charge on any atom is -0.493 e. The van der Waals surface area contributed by atoms with Gasteiger partial charge in [0.25, 0.3) is 16.8 Å². The maximum absolute atomic E-state index is 12.9. The third-order valence-electron chi connectivity index (χ3n) is 5.36. The summed E-state index contributed by atoms with van der Waals surface area (Å²) < 4.78 is 11.4. The van der Waals surface area contributed by atoms with Crippen molar-refractivity contribution in [2.24, 2.45) is 0 Å². The zero-order valence-corrected chi connectivity index (χ0v) is 19.9. The molecule has 1 aliphatic heterocycles. The van der Waals surface area contributed by atoms with Crippen LogP contribution in [0, 0.1) is 17.0 Å². The van der Waals surface area contributed by atoms with E-state index in [1.807, 2.05) is 31.2 Å². The van der Waals surface area contributed by atoms with E-state index in [1.54, 1.807) is 24.3 Å². The van der Waals surface area contributed by atoms with Crippen LogP contribution in [0.25, 0.3) is 6.08 Å². The summed E-state index contributed by atoms with van der Waals surface area (Å²) in [5, 5.41) is 10.4. The first-order valence-electron chi connectivity index (χ1n) is 10.7. The van der Waals surface area contributed by atoms with Gasteiger partial charge in [-0.1, -0.05) is 48.0 Å². The second kappa shape index (κ2) is 10.4. The van der Waals surface area contributed by atoms with Crippen LogP contribution in [0.5, 0.6) is 11.5 Å². The van der Waals surface area contributed by atoms with Gasteiger partial charge < -0.3 is 9.47 Å². The molecule has 4 rings (SSSR count). The molecule has 0 N–H and O–H groups in total. The molecular weight excluding hydrogens is 468 g/mol. The highest BCUT2D eigenvalue weighted by Gasteiger charge is 2.35. The van der Waals surface area contributed by atoms with Crippen molar-refractivity contribution >= 4 is 34.7 Å². The molecule has 1 heterocycles. The second-order valence-corrected chi connectivity index (χ2v) is 8.87. The molecule has 0 aromatic heterocycles. The maximum atomic E-state index is 12.9. The molecule has 0 spiro atoms. The van der Waals surface area contributed by atoms with Gasteiger partial charge in [-0.3, -0.25) is 24.6 Å². The lowest BCUT2D eigenvalue weighted by atomic mass is 10.1. The lowest BCUT2D eigenvalue weighted by molar-refractivity contribution is -0.384. The Morgan fingerprint density at radius 1 is 0.971 bits per heavy atom. The first-order chi connectivity index (χ1) is 16.8. The predicted octanol–water partition coefficient (Wildman–Crippen LogP) is 5.73. The Kier molecular flexibility index (Phi) is 7.17. The molecule has 0 unspecified atom stereocenters. The molecule has 3 aromatic rings. The number of nitrogens with zero attached hydrogens (tertiary/aromatic N) is 2. The molecule has 0 radical (unpaired) electrons. The Morgan fingerprint density at radius 2 is 1.66 bits per heavy atom. The topological polar surface area (TPSA) is 99.0 Å². The number of imide groups is 1. The van der Waals surface area contributed by atoms with Crippen molar-refractivity contribution < 1.29 is 24.0 Å². The highest BCUT2D eigenvalue weighted by Crippen LogP contribution is 2.35. The van der Waals surface area contributed by atoms with Crippen LogP contribution in [0.1, 0.15) is 22.3 Å². The fourth-order valence-electron chi connectivity index (χ4n) is 3.43. The standard InChI is InChI=1S/C26H22N2O6S/c1-17-3-5-19(6-4-17)16-34-22-12-9-20(13-23(22)33-2)14-24-25(29)27(26(30)35-24)15-18-7-10-21(11-8-18)28(31)32/h3-14H,15-16H2,1-2H3/b24-14-. The van der Waals surface area contributed by atoms with Crippen LogP contribution >= 0.6 is 11.8 Å². The number of aryl methyl sites for hydroxylation is 1. The Hall–Kier alpha value is -4.11. The molecule has 0 aliphatic carbocycles. The number of nitro groups is 1. The van der Waals surface area contributed by atoms with Gasteiger partial charge in [0.15, 0.2) is 11.5 Å². The van der Waals surface area contributed by atoms with Crippen LogP contribution in [-0.2, 0) is 17.9 Å². The number of methoxy groups -OCH3 is 1. The van der Waals surface area contributed by atoms with Gasteiger partial charge in [0.1, 0.15) is 6.61 Å². The summed E-state index contributed by atoms with van der Waals surface area (Å²) in [5.41, 5.74) is 3.46. The number of amides is 2. The molecule has 1 saturated heterocycles. The molecule has 35 heavy (non-hydrogen) atoms. The number of benzene rings is 3. The molecule has 0 saturated carbocycles. The smallest absolute Gasteiger partial charge is 0.293 e. The minimum absolute atomic E-state index is 0.0368. The Balaban J connectivity index is 1.46. The molecule has 0 atom stereocenters. The first-order valence-corrected chi connectivity index (χ1v) is 11.5. The van der Waals surface area contributed by atoms with E-state index in [1.165, 1.54) is 36.9 Å². The van der Waals surface area contributed by atoms with E-state index in [2.05, 4.69) is 0 Å². The predicted molar refractivity (Wildman–Crippen MR) is 133 cm³/mol. The number of carbonyl (C=O) groups excluding carboxylic acids is 2. The summed E-state index contributed by atoms with van der Waals surface area (Å²) in [6.07, 6.45) is 1.63. The van der Waals surface area contributed by atoms with Crippen LogP contribution in [0.2, 0.25) is 0 Å². The average Bonchev–Trinajstić information content (AvgIpc) is 3.11. The number of carbonyl (C=O) groups is 2. The lowest BCUT2D eigenvalue weighted by Crippen LogP contribution is -2.27. The van der Waals surface area contributed by atoms with Crippen molar-refractivity contribution in [2.45, 2.75) is 20.1 Å². The average molecular weight is 491 g/mol. The van der Waals surface area contributed by atoms with Gasteiger partial charge in [0, 0.05) is 12.1 Å². The van der Waals surface area contributed by atoms with Crippen molar-refractivity contribution in [3.05, 3.63) is 104 Å². The van der Waals surface area contributed by atoms with Crippen LogP contribution in [0.3, 0.4) is 0 Å². The second-order valence-electron chi connectivity index (χ2n) is 7.88. The summed E-state index contributed by atoms with van der Waals surface area (Å²) in [5.74, 6) is 0.657. The van der Waals surface area contributed by atoms with E-state index in [0.29, 0.717) is 29.2 Å². The van der Waals surface area contributed by atoms with Gasteiger partial charge in [0.2, 0.25) is 0 Å². The molecule has 2 amide bonds. The maximum Gasteiger partial charge on any atom is 0.293 e. The van der Waals surface area contributed by atoms with E-state index in [0.717, 1.165) is 22.2 Å². The number of thioether (sulfide) groups is 1. The van der Waals surface area contributed by atoms with E-state index < -0.39 is 16.1 Å². The molecule has 178 valence electrons. The third kappa shape index (κ3) is 5.70. The monoisotopic (exact) mass is 490 g/mol. The fraction of sp³-hybridized carbons (Fsp3) is 0.154. The summed E-state index contributed by atoms with van der Waals surface area (Å²) in [6.45, 7) is 2.45. The van der Waals surface area contributed by atoms with Crippen molar-refractivity contribution in [1.82, 2.24) is 4.90 Å². The zero-order chi connectivity index (χ0) is 24.9. The third-order valence-corrected chi connectivity index (χ3v) is 6.27. The van der Waals surface area contributed by atoms with Crippen molar-refractivity contribution in [3.63, 3.8) is 0 Å². The molecule has 8 nitrogen and oxygen atoms in total. The molecule has 9 heteroatoms. The van der Waals surface area contributed by atoms with E-state index in [-0.39, 0.29) is 17.1 Å². The Morgan fingerprint density at radius 3 is 2.31 bits per heavy atom. The summed E-state index contributed by atoms with van der Waals surface area (Å²) in [7, 11) is 1.54. The highest BCUT2D eigenvalue weighted by molar-refractivity contribution is 8.18. The van der Waals surface area contributed by atoms with Crippen LogP contribution in [0.15, 0.2) is 71.6 Å². The molecule has 1 fully saturated rings. The molecule has 3 aromatic carbocycles. The Bertz CT molecular complexity index is 1300. The zero-order valence-electron chi connectivity index (χ0n) is 19.1. The summed E-state index contributed by atoms with van der Waals surface area (Å²) in [4.78, 5) is 37.0. The van der Waals surface area contributed by atoms with E-state index in [4.69, 9.17) is 9.47 Å². The van der Waals surface area contributed by atoms with Crippen LogP contribution < -0.4 is 9.47 Å². The highest BCUT2D eigenvalue weighted by atomic mass is 32.2.